The Balaban J connectivity index is 2.21. The number of rotatable bonds is 8. The Hall–Kier alpha value is -2.00. The molecule has 1 N–H and O–H groups in total. The zero-order chi connectivity index (χ0) is 19.2. The Bertz CT molecular complexity index is 786. The van der Waals surface area contributed by atoms with Crippen LogP contribution >= 0.6 is 20.8 Å². The first-order chi connectivity index (χ1) is 13.1. The van der Waals surface area contributed by atoms with E-state index in [4.69, 9.17) is 9.84 Å². The maximum absolute atomic E-state index is 10.9. The Morgan fingerprint density at radius 2 is 1.15 bits per heavy atom. The molecule has 5 heteroatoms. The summed E-state index contributed by atoms with van der Waals surface area (Å²) in [6.07, 6.45) is 0.664. The summed E-state index contributed by atoms with van der Waals surface area (Å²) in [6.45, 7) is 0.0475. The molecule has 0 aromatic heterocycles. The number of halogens is 1. The van der Waals surface area contributed by atoms with E-state index in [0.717, 1.165) is 0 Å². The maximum atomic E-state index is 10.9. The van der Waals surface area contributed by atoms with E-state index in [9.17, 15) is 4.79 Å². The first-order valence-electron chi connectivity index (χ1n) is 8.75. The van der Waals surface area contributed by atoms with E-state index in [-0.39, 0.29) is 6.61 Å². The van der Waals surface area contributed by atoms with Gasteiger partial charge in [0.25, 0.3) is 0 Å². The average molecular weight is 445 g/mol. The van der Waals surface area contributed by atoms with Crippen LogP contribution in [0.2, 0.25) is 0 Å². The minimum absolute atomic E-state index is 0.294. The number of benzene rings is 3. The molecule has 27 heavy (non-hydrogen) atoms. The number of hydrogen-bond donors (Lipinski definition) is 1. The van der Waals surface area contributed by atoms with Crippen LogP contribution in [0.15, 0.2) is 91.0 Å². The van der Waals surface area contributed by atoms with E-state index in [2.05, 4.69) is 51.9 Å². The zero-order valence-corrected chi connectivity index (χ0v) is 17.4. The summed E-state index contributed by atoms with van der Waals surface area (Å²) in [5.41, 5.74) is 0. The molecule has 3 rings (SSSR count). The average Bonchev–Trinajstić information content (AvgIpc) is 2.73. The second-order valence-corrected chi connectivity index (χ2v) is 15.4. The molecule has 0 radical (unpaired) electrons. The van der Waals surface area contributed by atoms with Gasteiger partial charge in [-0.2, -0.15) is 0 Å². The van der Waals surface area contributed by atoms with Crippen molar-refractivity contribution < 1.29 is 14.6 Å². The van der Waals surface area contributed by atoms with Crippen LogP contribution in [0.5, 0.6) is 0 Å². The number of ether oxygens (including phenoxy) is 1. The molecule has 0 spiro atoms. The van der Waals surface area contributed by atoms with E-state index in [1.165, 1.54) is 15.9 Å². The summed E-state index contributed by atoms with van der Waals surface area (Å²) in [7, 11) is 0. The molecule has 0 aliphatic carbocycles. The molecule has 0 aliphatic heterocycles. The van der Waals surface area contributed by atoms with Gasteiger partial charge in [-0.3, -0.25) is 0 Å². The fourth-order valence-corrected chi connectivity index (χ4v) is 10.5. The normalized spacial score (nSPS) is 12.9. The van der Waals surface area contributed by atoms with Crippen molar-refractivity contribution in [2.45, 2.75) is 0 Å². The molecular formula is C22H22BrO3P. The van der Waals surface area contributed by atoms with Crippen molar-refractivity contribution in [3.63, 3.8) is 0 Å². The van der Waals surface area contributed by atoms with E-state index >= 15 is 0 Å². The predicted octanol–water partition coefficient (Wildman–Crippen LogP) is 3.93. The monoisotopic (exact) mass is 444 g/mol. The van der Waals surface area contributed by atoms with Gasteiger partial charge in [-0.05, 0) is 0 Å². The molecule has 0 bridgehead atoms. The van der Waals surface area contributed by atoms with Crippen LogP contribution in [0, 0.1) is 0 Å². The molecule has 0 atom stereocenters. The van der Waals surface area contributed by atoms with Gasteiger partial charge in [-0.25, -0.2) is 0 Å². The first kappa shape index (κ1) is 19.8. The molecule has 3 aromatic carbocycles. The summed E-state index contributed by atoms with van der Waals surface area (Å²) in [5, 5.41) is 9.50. The third-order valence-electron chi connectivity index (χ3n) is 4.76. The molecule has 140 valence electrons. The van der Waals surface area contributed by atoms with Crippen molar-refractivity contribution in [1.29, 1.82) is 0 Å². The SMILES string of the molecule is O=C(O)COCCP(Br)(c1ccccc1)(c1ccccc1)c1ccccc1. The van der Waals surface area contributed by atoms with Crippen LogP contribution < -0.4 is 15.9 Å². The van der Waals surface area contributed by atoms with Crippen LogP contribution in [0.3, 0.4) is 0 Å². The van der Waals surface area contributed by atoms with Gasteiger partial charge in [0.05, 0.1) is 0 Å². The van der Waals surface area contributed by atoms with Gasteiger partial charge in [0.2, 0.25) is 0 Å². The standard InChI is InChI=1S/C22H22BrO3P/c23-27(17-16-26-18-22(24)25,19-10-4-1-5-11-19,20-12-6-2-7-13-20)21-14-8-3-9-15-21/h1-15H,16-18H2,(H,24,25). The van der Waals surface area contributed by atoms with Crippen molar-refractivity contribution in [3.8, 4) is 0 Å². The van der Waals surface area contributed by atoms with E-state index in [0.29, 0.717) is 12.8 Å². The van der Waals surface area contributed by atoms with Crippen LogP contribution in [0.1, 0.15) is 0 Å². The fourth-order valence-electron chi connectivity index (χ4n) is 3.45. The molecule has 0 saturated carbocycles. The summed E-state index contributed by atoms with van der Waals surface area (Å²) >= 11 is 4.29. The molecule has 0 fully saturated rings. The van der Waals surface area contributed by atoms with Crippen molar-refractivity contribution in [3.05, 3.63) is 91.0 Å². The van der Waals surface area contributed by atoms with Crippen molar-refractivity contribution in [2.75, 3.05) is 19.4 Å². The second kappa shape index (κ2) is 8.35. The summed E-state index contributed by atoms with van der Waals surface area (Å²) in [4.78, 5) is 10.9. The second-order valence-electron chi connectivity index (χ2n) is 6.36. The molecule has 0 amide bonds. The van der Waals surface area contributed by atoms with E-state index in [1.807, 2.05) is 54.6 Å². The summed E-state index contributed by atoms with van der Waals surface area (Å²) < 4.78 is 5.48. The topological polar surface area (TPSA) is 46.5 Å². The number of aliphatic carboxylic acids is 1. The van der Waals surface area contributed by atoms with Gasteiger partial charge < -0.3 is 0 Å². The van der Waals surface area contributed by atoms with Crippen molar-refractivity contribution >= 4 is 42.7 Å². The molecular weight excluding hydrogens is 423 g/mol. The van der Waals surface area contributed by atoms with E-state index in [1.54, 1.807) is 0 Å². The van der Waals surface area contributed by atoms with Crippen LogP contribution in [-0.2, 0) is 9.53 Å². The molecule has 0 saturated heterocycles. The molecule has 0 heterocycles. The van der Waals surface area contributed by atoms with Gasteiger partial charge in [-0.1, -0.05) is 0 Å². The van der Waals surface area contributed by atoms with Gasteiger partial charge in [0, 0.05) is 0 Å². The Kier molecular flexibility index (Phi) is 6.11. The van der Waals surface area contributed by atoms with Crippen LogP contribution in [0.4, 0.5) is 0 Å². The zero-order valence-electron chi connectivity index (χ0n) is 14.9. The number of carboxylic acid groups (broad SMARTS) is 1. The van der Waals surface area contributed by atoms with Gasteiger partial charge in [0.1, 0.15) is 0 Å². The number of hydrogen-bond acceptors (Lipinski definition) is 2. The molecule has 3 aromatic rings. The molecule has 3 nitrogen and oxygen atoms in total. The van der Waals surface area contributed by atoms with Gasteiger partial charge in [-0.15, -0.1) is 0 Å². The molecule has 0 unspecified atom stereocenters. The quantitative estimate of drug-likeness (QED) is 0.422. The Morgan fingerprint density at radius 1 is 0.778 bits per heavy atom. The number of carboxylic acids is 1. The first-order valence-corrected chi connectivity index (χ1v) is 13.2. The summed E-state index contributed by atoms with van der Waals surface area (Å²) in [5.74, 6) is -0.955. The van der Waals surface area contributed by atoms with Gasteiger partial charge in [0.15, 0.2) is 0 Å². The van der Waals surface area contributed by atoms with E-state index < -0.39 is 11.3 Å². The summed E-state index contributed by atoms with van der Waals surface area (Å²) in [6, 6.07) is 31.1. The molecule has 0 aliphatic rings. The third-order valence-corrected chi connectivity index (χ3v) is 14.7. The Labute approximate surface area is 167 Å². The van der Waals surface area contributed by atoms with Crippen molar-refractivity contribution in [1.82, 2.24) is 0 Å². The fraction of sp³-hybridized carbons (Fsp3) is 0.136. The van der Waals surface area contributed by atoms with Gasteiger partial charge >= 0.3 is 168 Å². The minimum atomic E-state index is -3.01. The third kappa shape index (κ3) is 3.84. The predicted molar refractivity (Wildman–Crippen MR) is 117 cm³/mol. The van der Waals surface area contributed by atoms with Crippen molar-refractivity contribution in [2.24, 2.45) is 0 Å². The number of carbonyl (C=O) groups is 1. The van der Waals surface area contributed by atoms with Crippen LogP contribution in [0.25, 0.3) is 0 Å². The van der Waals surface area contributed by atoms with Crippen LogP contribution in [-0.4, -0.2) is 30.5 Å². The Morgan fingerprint density at radius 3 is 1.48 bits per heavy atom.